The Morgan fingerprint density at radius 3 is 2.50 bits per heavy atom. The number of amides is 1. The van der Waals surface area contributed by atoms with Gasteiger partial charge in [-0.15, -0.1) is 0 Å². The van der Waals surface area contributed by atoms with Gasteiger partial charge in [0.05, 0.1) is 17.0 Å². The molecule has 0 atom stereocenters. The molecule has 162 valence electrons. The van der Waals surface area contributed by atoms with Crippen LogP contribution >= 0.6 is 71.2 Å². The van der Waals surface area contributed by atoms with E-state index in [1.165, 1.54) is 11.8 Å². The van der Waals surface area contributed by atoms with Crippen molar-refractivity contribution in [1.29, 1.82) is 5.26 Å². The maximum absolute atomic E-state index is 12.7. The van der Waals surface area contributed by atoms with Gasteiger partial charge in [-0.1, -0.05) is 51.4 Å². The zero-order valence-corrected chi connectivity index (χ0v) is 22.8. The first-order chi connectivity index (χ1) is 15.4. The number of anilines is 1. The minimum Gasteiger partial charge on any atom is -0.323 e. The summed E-state index contributed by atoms with van der Waals surface area (Å²) in [4.78, 5) is 17.5. The van der Waals surface area contributed by atoms with Gasteiger partial charge >= 0.3 is 0 Å². The molecule has 9 heteroatoms. The average molecular weight is 657 g/mol. The number of hydrogen-bond donors (Lipinski definition) is 1. The number of aromatic nitrogens is 1. The number of carbonyl (C=O) groups is 1. The highest BCUT2D eigenvalue weighted by atomic mass is 79.9. The lowest BCUT2D eigenvalue weighted by atomic mass is 9.95. The molecule has 4 nitrogen and oxygen atoms in total. The van der Waals surface area contributed by atoms with Crippen LogP contribution in [0.5, 0.6) is 0 Å². The van der Waals surface area contributed by atoms with Crippen molar-refractivity contribution in [3.63, 3.8) is 0 Å². The first-order valence-corrected chi connectivity index (χ1v) is 13.4. The number of nitrogens with zero attached hydrogens (tertiary/aromatic N) is 2. The molecule has 2 aromatic carbocycles. The Labute approximate surface area is 220 Å². The number of thioether (sulfide) groups is 1. The van der Waals surface area contributed by atoms with Crippen LogP contribution in [0.1, 0.15) is 23.2 Å². The summed E-state index contributed by atoms with van der Waals surface area (Å²) in [7, 11) is 0. The first-order valence-electron chi connectivity index (χ1n) is 9.66. The van der Waals surface area contributed by atoms with Crippen LogP contribution in [0.15, 0.2) is 54.8 Å². The molecule has 0 bridgehead atoms. The second-order valence-corrected chi connectivity index (χ2v) is 11.2. The maximum Gasteiger partial charge on any atom is 0.234 e. The number of aryl methyl sites for hydroxylation is 1. The van der Waals surface area contributed by atoms with Crippen molar-refractivity contribution in [2.45, 2.75) is 24.3 Å². The van der Waals surface area contributed by atoms with Crippen molar-refractivity contribution in [1.82, 2.24) is 4.98 Å². The lowest BCUT2D eigenvalue weighted by molar-refractivity contribution is -0.113. The topological polar surface area (TPSA) is 65.8 Å². The van der Waals surface area contributed by atoms with Gasteiger partial charge in [-0.2, -0.15) is 5.26 Å². The van der Waals surface area contributed by atoms with E-state index < -0.39 is 0 Å². The monoisotopic (exact) mass is 653 g/mol. The standard InChI is InChI=1S/C23H15Br3ClN3OS/c24-13-8-17(25)22(18(26)9-13)30-20(31)11-32-23-16(10-28)21(12-4-6-14(27)7-5-12)15-2-1-3-19(15)29-23/h4-9H,1-3,11H2,(H,30,31). The minimum atomic E-state index is -0.182. The number of pyridine rings is 1. The Morgan fingerprint density at radius 2 is 1.84 bits per heavy atom. The van der Waals surface area contributed by atoms with E-state index >= 15 is 0 Å². The van der Waals surface area contributed by atoms with E-state index in [0.717, 1.165) is 55.1 Å². The van der Waals surface area contributed by atoms with Crippen LogP contribution in [0, 0.1) is 11.3 Å². The van der Waals surface area contributed by atoms with Crippen molar-refractivity contribution >= 4 is 82.7 Å². The third-order valence-electron chi connectivity index (χ3n) is 5.05. The molecular formula is C23H15Br3ClN3OS. The second-order valence-electron chi connectivity index (χ2n) is 7.15. The first kappa shape index (κ1) is 23.8. The van der Waals surface area contributed by atoms with Crippen molar-refractivity contribution < 1.29 is 4.79 Å². The van der Waals surface area contributed by atoms with Gasteiger partial charge in [0.15, 0.2) is 0 Å². The van der Waals surface area contributed by atoms with E-state index in [4.69, 9.17) is 16.6 Å². The fourth-order valence-electron chi connectivity index (χ4n) is 3.67. The highest BCUT2D eigenvalue weighted by Gasteiger charge is 2.25. The predicted molar refractivity (Wildman–Crippen MR) is 140 cm³/mol. The SMILES string of the molecule is N#Cc1c(SCC(=O)Nc2c(Br)cc(Br)cc2Br)nc2c(c1-c1ccc(Cl)cc1)CCC2. The van der Waals surface area contributed by atoms with Crippen LogP contribution in [0.25, 0.3) is 11.1 Å². The normalized spacial score (nSPS) is 12.3. The zero-order valence-electron chi connectivity index (χ0n) is 16.5. The Hall–Kier alpha value is -1.37. The highest BCUT2D eigenvalue weighted by Crippen LogP contribution is 2.39. The van der Waals surface area contributed by atoms with Gasteiger partial charge in [-0.3, -0.25) is 4.79 Å². The van der Waals surface area contributed by atoms with Crippen LogP contribution in [0.4, 0.5) is 5.69 Å². The molecule has 0 radical (unpaired) electrons. The number of halogens is 4. The molecule has 1 N–H and O–H groups in total. The number of hydrogen-bond acceptors (Lipinski definition) is 4. The third kappa shape index (κ3) is 5.07. The van der Waals surface area contributed by atoms with Crippen molar-refractivity contribution in [2.75, 3.05) is 11.1 Å². The Morgan fingerprint density at radius 1 is 1.16 bits per heavy atom. The molecule has 0 unspecified atom stereocenters. The van der Waals surface area contributed by atoms with Crippen molar-refractivity contribution in [3.05, 3.63) is 71.7 Å². The lowest BCUT2D eigenvalue weighted by Crippen LogP contribution is -2.15. The zero-order chi connectivity index (χ0) is 22.8. The maximum atomic E-state index is 12.7. The van der Waals surface area contributed by atoms with E-state index in [0.29, 0.717) is 21.3 Å². The predicted octanol–water partition coefficient (Wildman–Crippen LogP) is 7.78. The smallest absolute Gasteiger partial charge is 0.234 e. The van der Waals surface area contributed by atoms with Crippen molar-refractivity contribution in [3.8, 4) is 17.2 Å². The molecule has 0 fully saturated rings. The molecular weight excluding hydrogens is 642 g/mol. The number of fused-ring (bicyclic) bond motifs is 1. The summed E-state index contributed by atoms with van der Waals surface area (Å²) in [6, 6.07) is 13.6. The summed E-state index contributed by atoms with van der Waals surface area (Å²) in [5.41, 5.74) is 5.16. The number of benzene rings is 2. The van der Waals surface area contributed by atoms with Gasteiger partial charge in [0.1, 0.15) is 11.1 Å². The molecule has 0 saturated heterocycles. The van der Waals surface area contributed by atoms with Gasteiger partial charge in [0.25, 0.3) is 0 Å². The van der Waals surface area contributed by atoms with E-state index in [-0.39, 0.29) is 11.7 Å². The van der Waals surface area contributed by atoms with E-state index in [1.807, 2.05) is 36.4 Å². The second kappa shape index (κ2) is 10.3. The molecule has 1 heterocycles. The molecule has 1 aromatic heterocycles. The van der Waals surface area contributed by atoms with Crippen LogP contribution in [0.2, 0.25) is 5.02 Å². The number of rotatable bonds is 5. The van der Waals surface area contributed by atoms with Crippen LogP contribution in [-0.2, 0) is 17.6 Å². The molecule has 1 aliphatic carbocycles. The summed E-state index contributed by atoms with van der Waals surface area (Å²) < 4.78 is 2.41. The van der Waals surface area contributed by atoms with Crippen molar-refractivity contribution in [2.24, 2.45) is 0 Å². The third-order valence-corrected chi connectivity index (χ3v) is 7.98. The quantitative estimate of drug-likeness (QED) is 0.285. The fraction of sp³-hybridized carbons (Fsp3) is 0.174. The molecule has 0 aliphatic heterocycles. The van der Waals surface area contributed by atoms with Gasteiger partial charge in [-0.25, -0.2) is 4.98 Å². The fourth-order valence-corrected chi connectivity index (χ4v) is 7.06. The van der Waals surface area contributed by atoms with Crippen LogP contribution < -0.4 is 5.32 Å². The molecule has 1 amide bonds. The molecule has 3 aromatic rings. The highest BCUT2D eigenvalue weighted by molar-refractivity contribution is 9.11. The van der Waals surface area contributed by atoms with Gasteiger partial charge < -0.3 is 5.32 Å². The summed E-state index contributed by atoms with van der Waals surface area (Å²) >= 11 is 17.7. The molecule has 32 heavy (non-hydrogen) atoms. The van der Waals surface area contributed by atoms with E-state index in [9.17, 15) is 10.1 Å². The molecule has 0 saturated carbocycles. The molecule has 0 spiro atoms. The van der Waals surface area contributed by atoms with Gasteiger partial charge in [0.2, 0.25) is 5.91 Å². The van der Waals surface area contributed by atoms with Gasteiger partial charge in [-0.05, 0) is 86.5 Å². The Balaban J connectivity index is 1.62. The number of nitriles is 1. The summed E-state index contributed by atoms with van der Waals surface area (Å²) in [6.07, 6.45) is 2.78. The largest absolute Gasteiger partial charge is 0.323 e. The molecule has 1 aliphatic rings. The summed E-state index contributed by atoms with van der Waals surface area (Å²) in [5.74, 6) is -0.0481. The number of nitrogens with one attached hydrogen (secondary N) is 1. The summed E-state index contributed by atoms with van der Waals surface area (Å²) in [5, 5.41) is 14.2. The Bertz CT molecular complexity index is 1240. The molecule has 4 rings (SSSR count). The lowest BCUT2D eigenvalue weighted by Gasteiger charge is -2.15. The van der Waals surface area contributed by atoms with Gasteiger partial charge in [0, 0.05) is 29.7 Å². The van der Waals surface area contributed by atoms with E-state index in [1.54, 1.807) is 0 Å². The summed E-state index contributed by atoms with van der Waals surface area (Å²) in [6.45, 7) is 0. The van der Waals surface area contributed by atoms with E-state index in [2.05, 4.69) is 59.2 Å². The number of carbonyl (C=O) groups excluding carboxylic acids is 1. The Kier molecular flexibility index (Phi) is 7.63. The minimum absolute atomic E-state index is 0.134. The average Bonchev–Trinajstić information content (AvgIpc) is 3.22. The van der Waals surface area contributed by atoms with Crippen LogP contribution in [-0.4, -0.2) is 16.6 Å². The van der Waals surface area contributed by atoms with Crippen LogP contribution in [0.3, 0.4) is 0 Å².